The van der Waals surface area contributed by atoms with E-state index in [1.165, 1.54) is 0 Å². The number of thiazole rings is 1. The number of esters is 1. The lowest BCUT2D eigenvalue weighted by atomic mass is 10.2. The molecule has 12 nitrogen and oxygen atoms in total. The molecule has 4 aromatic rings. The minimum absolute atomic E-state index is 0.0202. The summed E-state index contributed by atoms with van der Waals surface area (Å²) in [5.74, 6) is -0.500. The van der Waals surface area contributed by atoms with Crippen LogP contribution in [0.1, 0.15) is 23.0 Å². The average Bonchev–Trinajstić information content (AvgIpc) is 3.43. The highest BCUT2D eigenvalue weighted by Crippen LogP contribution is 2.33. The zero-order valence-electron chi connectivity index (χ0n) is 19.1. The van der Waals surface area contributed by atoms with Crippen LogP contribution in [0.2, 0.25) is 0 Å². The summed E-state index contributed by atoms with van der Waals surface area (Å²) >= 11 is 0.650. The number of para-hydroxylation sites is 1. The Labute approximate surface area is 212 Å². The molecule has 1 fully saturated rings. The van der Waals surface area contributed by atoms with Crippen molar-refractivity contribution in [2.75, 3.05) is 12.3 Å². The van der Waals surface area contributed by atoms with Crippen LogP contribution >= 0.6 is 11.3 Å². The summed E-state index contributed by atoms with van der Waals surface area (Å²) in [6.07, 6.45) is -3.91. The van der Waals surface area contributed by atoms with Gasteiger partial charge in [-0.2, -0.15) is 4.98 Å². The van der Waals surface area contributed by atoms with Gasteiger partial charge in [0.1, 0.15) is 17.1 Å². The summed E-state index contributed by atoms with van der Waals surface area (Å²) in [5.41, 5.74) is 5.43. The fourth-order valence-electron chi connectivity index (χ4n) is 3.89. The van der Waals surface area contributed by atoms with E-state index < -0.39 is 41.0 Å². The Morgan fingerprint density at radius 2 is 1.81 bits per heavy atom. The van der Waals surface area contributed by atoms with Crippen molar-refractivity contribution in [2.45, 2.75) is 24.9 Å². The summed E-state index contributed by atoms with van der Waals surface area (Å²) in [6.45, 7) is -0.176. The monoisotopic (exact) mass is 524 g/mol. The summed E-state index contributed by atoms with van der Waals surface area (Å²) < 4.78 is 23.2. The van der Waals surface area contributed by atoms with E-state index in [1.54, 1.807) is 60.7 Å². The quantitative estimate of drug-likeness (QED) is 0.283. The van der Waals surface area contributed by atoms with Crippen molar-refractivity contribution in [1.29, 1.82) is 0 Å². The summed E-state index contributed by atoms with van der Waals surface area (Å²) in [5, 5.41) is 0. The van der Waals surface area contributed by atoms with Gasteiger partial charge in [-0.15, -0.1) is 0 Å². The van der Waals surface area contributed by atoms with Gasteiger partial charge in [-0.1, -0.05) is 47.7 Å². The largest absolute Gasteiger partial charge is 0.514 e. The average molecular weight is 525 g/mol. The third-order valence-electron chi connectivity index (χ3n) is 5.49. The van der Waals surface area contributed by atoms with Crippen molar-refractivity contribution in [3.8, 4) is 5.75 Å². The molecule has 0 aliphatic carbocycles. The van der Waals surface area contributed by atoms with Crippen LogP contribution in [-0.4, -0.2) is 45.5 Å². The number of nitrogens with one attached hydrogen (secondary N) is 1. The van der Waals surface area contributed by atoms with E-state index in [2.05, 4.69) is 9.97 Å². The smallest absolute Gasteiger partial charge is 0.459 e. The van der Waals surface area contributed by atoms with Crippen molar-refractivity contribution >= 4 is 39.8 Å². The number of nitrogens with two attached hydrogens (primary N) is 1. The van der Waals surface area contributed by atoms with Crippen molar-refractivity contribution in [3.05, 3.63) is 86.2 Å². The number of carbonyl (C=O) groups is 2. The number of hydrogen-bond donors (Lipinski definition) is 2. The number of H-pyrrole nitrogens is 1. The molecule has 13 heteroatoms. The van der Waals surface area contributed by atoms with Crippen LogP contribution in [0, 0.1) is 0 Å². The van der Waals surface area contributed by atoms with E-state index in [0.717, 1.165) is 4.57 Å². The molecule has 3 N–H and O–H groups in total. The number of benzene rings is 2. The lowest BCUT2D eigenvalue weighted by molar-refractivity contribution is -0.0608. The van der Waals surface area contributed by atoms with E-state index in [-0.39, 0.29) is 35.1 Å². The Kier molecular flexibility index (Phi) is 6.70. The second kappa shape index (κ2) is 10.2. The predicted molar refractivity (Wildman–Crippen MR) is 132 cm³/mol. The number of rotatable bonds is 6. The number of nitrogen functional groups attached to an aromatic ring is 1. The van der Waals surface area contributed by atoms with Crippen LogP contribution < -0.4 is 20.9 Å². The van der Waals surface area contributed by atoms with Crippen molar-refractivity contribution in [3.63, 3.8) is 0 Å². The summed E-state index contributed by atoms with van der Waals surface area (Å²) in [7, 11) is 0. The predicted octanol–water partition coefficient (Wildman–Crippen LogP) is 2.46. The molecule has 3 heterocycles. The summed E-state index contributed by atoms with van der Waals surface area (Å²) in [6, 6.07) is 16.7. The van der Waals surface area contributed by atoms with Gasteiger partial charge in [-0.25, -0.2) is 9.59 Å². The molecular weight excluding hydrogens is 504 g/mol. The number of aromatic amines is 1. The van der Waals surface area contributed by atoms with Crippen LogP contribution in [0.5, 0.6) is 5.75 Å². The molecule has 1 aliphatic heterocycles. The van der Waals surface area contributed by atoms with Gasteiger partial charge < -0.3 is 24.7 Å². The molecule has 37 heavy (non-hydrogen) atoms. The fraction of sp³-hybridized carbons (Fsp3) is 0.208. The standard InChI is InChI=1S/C24H20N4O8S/c25-22-26-18-17(19(29)27-22)37-23(31)28(18)20-16(36-24(32)35-14-9-5-2-6-10-14)11-15(34-20)12-33-21(30)13-7-3-1-4-8-13/h1-10,15-16,20H,11-12H2,(H3,25,26,27,29)/t15-,16+,20+/m0/s1. The molecule has 1 aliphatic rings. The van der Waals surface area contributed by atoms with Gasteiger partial charge in [0.2, 0.25) is 5.95 Å². The first-order valence-corrected chi connectivity index (χ1v) is 11.9. The Balaban J connectivity index is 1.40. The molecule has 0 amide bonds. The Morgan fingerprint density at radius 3 is 2.54 bits per heavy atom. The molecule has 5 rings (SSSR count). The van der Waals surface area contributed by atoms with E-state index in [4.69, 9.17) is 24.7 Å². The third kappa shape index (κ3) is 5.22. The van der Waals surface area contributed by atoms with E-state index in [1.807, 2.05) is 0 Å². The van der Waals surface area contributed by atoms with Gasteiger partial charge in [0, 0.05) is 6.42 Å². The van der Waals surface area contributed by atoms with Crippen LogP contribution in [0.25, 0.3) is 10.3 Å². The molecule has 1 saturated heterocycles. The van der Waals surface area contributed by atoms with E-state index in [0.29, 0.717) is 16.9 Å². The number of nitrogens with zero attached hydrogens (tertiary/aromatic N) is 2. The highest BCUT2D eigenvalue weighted by atomic mass is 32.1. The number of ether oxygens (including phenoxy) is 4. The number of hydrogen-bond acceptors (Lipinski definition) is 11. The molecule has 2 aromatic heterocycles. The number of fused-ring (bicyclic) bond motifs is 1. The van der Waals surface area contributed by atoms with E-state index in [9.17, 15) is 19.2 Å². The Hall–Kier alpha value is -4.49. The first-order valence-electron chi connectivity index (χ1n) is 11.1. The molecule has 0 spiro atoms. The maximum Gasteiger partial charge on any atom is 0.514 e. The van der Waals surface area contributed by atoms with Gasteiger partial charge >= 0.3 is 17.0 Å². The highest BCUT2D eigenvalue weighted by molar-refractivity contribution is 7.16. The third-order valence-corrected chi connectivity index (χ3v) is 6.44. The van der Waals surface area contributed by atoms with Gasteiger partial charge in [0.25, 0.3) is 5.56 Å². The Bertz CT molecular complexity index is 1550. The van der Waals surface area contributed by atoms with Crippen LogP contribution in [0.4, 0.5) is 10.7 Å². The van der Waals surface area contributed by atoms with Crippen molar-refractivity contribution < 1.29 is 28.5 Å². The molecule has 2 aromatic carbocycles. The zero-order chi connectivity index (χ0) is 25.9. The van der Waals surface area contributed by atoms with E-state index >= 15 is 0 Å². The zero-order valence-corrected chi connectivity index (χ0v) is 19.9. The SMILES string of the molecule is Nc1nc2c(sc(=O)n2[C@@H]2O[C@H](COC(=O)c3ccccc3)C[C@H]2OC(=O)Oc2ccccc2)c(=O)[nH]1. The second-order valence-corrected chi connectivity index (χ2v) is 8.97. The first kappa shape index (κ1) is 24.2. The lowest BCUT2D eigenvalue weighted by Gasteiger charge is -2.19. The van der Waals surface area contributed by atoms with Crippen molar-refractivity contribution in [1.82, 2.24) is 14.5 Å². The second-order valence-electron chi connectivity index (χ2n) is 8.01. The fourth-order valence-corrected chi connectivity index (χ4v) is 4.73. The van der Waals surface area contributed by atoms with Crippen LogP contribution in [0.15, 0.2) is 70.3 Å². The van der Waals surface area contributed by atoms with Crippen LogP contribution in [-0.2, 0) is 14.2 Å². The molecule has 0 bridgehead atoms. The number of aromatic nitrogens is 3. The van der Waals surface area contributed by atoms with Gasteiger partial charge in [-0.3, -0.25) is 19.1 Å². The molecule has 0 unspecified atom stereocenters. The van der Waals surface area contributed by atoms with Crippen molar-refractivity contribution in [2.24, 2.45) is 0 Å². The molecule has 0 radical (unpaired) electrons. The Morgan fingerprint density at radius 1 is 1.11 bits per heavy atom. The first-order chi connectivity index (χ1) is 17.9. The highest BCUT2D eigenvalue weighted by Gasteiger charge is 2.42. The normalized spacial score (nSPS) is 19.0. The van der Waals surface area contributed by atoms with Crippen LogP contribution in [0.3, 0.4) is 0 Å². The molecule has 190 valence electrons. The molecular formula is C24H20N4O8S. The number of anilines is 1. The maximum atomic E-state index is 12.9. The summed E-state index contributed by atoms with van der Waals surface area (Å²) in [4.78, 5) is 55.9. The van der Waals surface area contributed by atoms with Gasteiger partial charge in [0.15, 0.2) is 18.0 Å². The number of carbonyl (C=O) groups excluding carboxylic acids is 2. The topological polar surface area (TPSA) is 165 Å². The molecule has 0 saturated carbocycles. The van der Waals surface area contributed by atoms with Gasteiger partial charge in [0.05, 0.1) is 11.7 Å². The minimum Gasteiger partial charge on any atom is -0.459 e. The van der Waals surface area contributed by atoms with Gasteiger partial charge in [-0.05, 0) is 24.3 Å². The lowest BCUT2D eigenvalue weighted by Crippen LogP contribution is -2.31. The molecule has 3 atom stereocenters. The maximum absolute atomic E-state index is 12.9. The minimum atomic E-state index is -1.18.